The number of hydrogen-bond acceptors (Lipinski definition) is 11. The van der Waals surface area contributed by atoms with Crippen LogP contribution in [0.5, 0.6) is 0 Å². The molecule has 7 aliphatic rings. The highest BCUT2D eigenvalue weighted by molar-refractivity contribution is 6.06. The number of halogens is 2. The van der Waals surface area contributed by atoms with Gasteiger partial charge in [-0.1, -0.05) is 36.4 Å². The van der Waals surface area contributed by atoms with E-state index < -0.39 is 12.1 Å². The summed E-state index contributed by atoms with van der Waals surface area (Å²) in [6.07, 6.45) is 13.9. The highest BCUT2D eigenvalue weighted by Gasteiger charge is 2.41. The fraction of sp³-hybridized carbons (Fsp3) is 0.408. The number of aromatic nitrogens is 1. The van der Waals surface area contributed by atoms with Crippen molar-refractivity contribution in [2.75, 3.05) is 32.7 Å². The van der Waals surface area contributed by atoms with E-state index in [0.29, 0.717) is 67.2 Å². The summed E-state index contributed by atoms with van der Waals surface area (Å²) >= 11 is 0. The third kappa shape index (κ3) is 12.1. The number of rotatable bonds is 7. The number of benzene rings is 2. The Morgan fingerprint density at radius 2 is 1.18 bits per heavy atom. The molecule has 16 nitrogen and oxygen atoms in total. The maximum atomic E-state index is 12.9. The van der Waals surface area contributed by atoms with Gasteiger partial charge in [-0.3, -0.25) is 58.7 Å². The lowest BCUT2D eigenvalue weighted by atomic mass is 9.87. The first kappa shape index (κ1) is 50.8. The molecule has 3 aromatic rings. The molecule has 67 heavy (non-hydrogen) atoms. The van der Waals surface area contributed by atoms with Gasteiger partial charge in [0.1, 0.15) is 12.1 Å². The minimum absolute atomic E-state index is 0. The van der Waals surface area contributed by atoms with E-state index in [1.54, 1.807) is 15.9 Å². The maximum absolute atomic E-state index is 12.9. The zero-order valence-electron chi connectivity index (χ0n) is 36.9. The van der Waals surface area contributed by atoms with Gasteiger partial charge < -0.3 is 44.1 Å². The van der Waals surface area contributed by atoms with Crippen LogP contribution >= 0.6 is 12.4 Å². The summed E-state index contributed by atoms with van der Waals surface area (Å²) in [5.74, 6) is -0.321. The van der Waals surface area contributed by atoms with Gasteiger partial charge in [-0.05, 0) is 129 Å². The number of amides is 6. The second kappa shape index (κ2) is 22.9. The Morgan fingerprint density at radius 1 is 0.642 bits per heavy atom. The molecular weight excluding hydrogens is 993 g/mol. The fourth-order valence-corrected chi connectivity index (χ4v) is 9.72. The summed E-state index contributed by atoms with van der Waals surface area (Å²) in [5.41, 5.74) is 7.38. The Bertz CT molecular complexity index is 2530. The first-order valence-electron chi connectivity index (χ1n) is 22.5. The van der Waals surface area contributed by atoms with Crippen LogP contribution in [-0.4, -0.2) is 112 Å². The first-order chi connectivity index (χ1) is 31.4. The number of ketones is 1. The van der Waals surface area contributed by atoms with Gasteiger partial charge >= 0.3 is 0 Å². The van der Waals surface area contributed by atoms with E-state index in [-0.39, 0.29) is 96.0 Å². The van der Waals surface area contributed by atoms with E-state index in [1.807, 2.05) is 24.3 Å². The van der Waals surface area contributed by atoms with Crippen molar-refractivity contribution in [1.29, 1.82) is 0 Å². The normalized spacial score (nSPS) is 21.9. The third-order valence-electron chi connectivity index (χ3n) is 13.4. The zero-order chi connectivity index (χ0) is 45.6. The molecule has 18 heteroatoms. The number of likely N-dealkylation sites (tertiary alicyclic amines) is 1. The molecule has 4 fully saturated rings. The number of fused-ring (bicyclic) bond motifs is 2. The Morgan fingerprint density at radius 3 is 1.64 bits per heavy atom. The van der Waals surface area contributed by atoms with Crippen LogP contribution in [0.4, 0.5) is 0 Å². The van der Waals surface area contributed by atoms with E-state index in [9.17, 15) is 43.2 Å². The number of imide groups is 2. The molecule has 6 aliphatic heterocycles. The minimum Gasteiger partial charge on any atom is -1.00 e. The van der Waals surface area contributed by atoms with Crippen molar-refractivity contribution in [1.82, 2.24) is 35.6 Å². The number of nitrogens with zero attached hydrogens (tertiary/aromatic N) is 3. The lowest BCUT2D eigenvalue weighted by Crippen LogP contribution is -3.00. The maximum Gasteiger partial charge on any atom is 0.255 e. The summed E-state index contributed by atoms with van der Waals surface area (Å²) in [6.45, 7) is 5.83. The molecular formula is C49H54ClIN7O9-. The molecule has 1 aromatic heterocycles. The average Bonchev–Trinajstić information content (AvgIpc) is 3.82. The smallest absolute Gasteiger partial charge is 0.255 e. The van der Waals surface area contributed by atoms with Gasteiger partial charge in [0.25, 0.3) is 11.8 Å². The molecule has 4 N–H and O–H groups in total. The molecule has 2 aromatic carbocycles. The number of allylic oxidation sites excluding steroid dienone is 2. The van der Waals surface area contributed by atoms with Gasteiger partial charge in [0.2, 0.25) is 29.2 Å². The molecule has 2 unspecified atom stereocenters. The van der Waals surface area contributed by atoms with Crippen molar-refractivity contribution in [3.05, 3.63) is 128 Å². The predicted octanol–water partition coefficient (Wildman–Crippen LogP) is 0.610. The molecule has 0 spiro atoms. The van der Waals surface area contributed by atoms with E-state index in [2.05, 4.69) is 50.1 Å². The summed E-state index contributed by atoms with van der Waals surface area (Å²) in [4.78, 5) is 112. The van der Waals surface area contributed by atoms with Crippen LogP contribution in [0.15, 0.2) is 83.3 Å². The number of pyridine rings is 1. The summed E-state index contributed by atoms with van der Waals surface area (Å²) < 4.78 is 0. The largest absolute Gasteiger partial charge is 1.00 e. The van der Waals surface area contributed by atoms with Crippen molar-refractivity contribution in [3.8, 4) is 0 Å². The number of aromatic amines is 1. The molecule has 2 atom stereocenters. The standard InChI is InChI=1S/C25H27N3O4.C18H21N3O3.C6H5NO2.ClH.HI/c29-20-4-1-16(2-5-20)14-27-11-9-17(10-12-27)18-3-6-21-19(13-18)15-28(25(21)32)22-7-8-23(30)26-24(22)31;22-16-4-3-15(17(23)20-16)21-10-13-9-12(1-2-14(13)18(21)24)11-5-7-19-8-6-11;8-4-5-1-2-6(9)7-3-5;;/h1-4,6,13,17,22H,5,7-12,14-15H2,(H,26,30,31);1-2,9,11,15,19H,3-8,10H2,(H,20,22,23);1-4H,(H,7,9);2*1H/p-1. The summed E-state index contributed by atoms with van der Waals surface area (Å²) in [7, 11) is 0. The monoisotopic (exact) mass is 1050 g/mol. The molecule has 0 radical (unpaired) electrons. The van der Waals surface area contributed by atoms with Crippen LogP contribution < -0.4 is 45.5 Å². The SMILES string of the molecule is Cl.O=C1C=CC(CN2CCC(c3ccc4c(c3)CN(C3CCC(=O)NC3=O)C4=O)CC2)=CC1.O=C1CCC(N2Cc3cc(C4CCNCC4)ccc3C2=O)C(=O)N1.O=Cc1ccc(=O)[nH]c1.[I-]. The summed E-state index contributed by atoms with van der Waals surface area (Å²) in [5, 5.41) is 8.06. The number of carbonyl (C=O) groups is 8. The third-order valence-corrected chi connectivity index (χ3v) is 13.4. The number of hydrogen-bond donors (Lipinski definition) is 4. The van der Waals surface area contributed by atoms with E-state index >= 15 is 0 Å². The minimum atomic E-state index is -0.572. The highest BCUT2D eigenvalue weighted by atomic mass is 127. The lowest BCUT2D eigenvalue weighted by Gasteiger charge is -2.32. The number of carbonyl (C=O) groups excluding carboxylic acids is 8. The second-order valence-corrected chi connectivity index (χ2v) is 17.6. The Hall–Kier alpha value is -5.63. The Kier molecular flexibility index (Phi) is 17.4. The van der Waals surface area contributed by atoms with Crippen molar-refractivity contribution < 1.29 is 62.3 Å². The predicted molar refractivity (Wildman–Crippen MR) is 245 cm³/mol. The van der Waals surface area contributed by atoms with Crippen LogP contribution in [0.2, 0.25) is 0 Å². The molecule has 0 bridgehead atoms. The molecule has 1 aliphatic carbocycles. The number of nitrogens with one attached hydrogen (secondary N) is 4. The van der Waals surface area contributed by atoms with Gasteiger partial charge in [-0.2, -0.15) is 0 Å². The molecule has 4 saturated heterocycles. The van der Waals surface area contributed by atoms with E-state index in [1.165, 1.54) is 35.0 Å². The van der Waals surface area contributed by atoms with E-state index in [4.69, 9.17) is 0 Å². The summed E-state index contributed by atoms with van der Waals surface area (Å²) in [6, 6.07) is 13.9. The van der Waals surface area contributed by atoms with Crippen molar-refractivity contribution in [3.63, 3.8) is 0 Å². The van der Waals surface area contributed by atoms with Crippen LogP contribution in [-0.2, 0) is 37.1 Å². The average molecular weight is 1050 g/mol. The van der Waals surface area contributed by atoms with Gasteiger partial charge in [0, 0.05) is 67.9 Å². The van der Waals surface area contributed by atoms with Crippen LogP contribution in [0.25, 0.3) is 0 Å². The number of aldehydes is 1. The van der Waals surface area contributed by atoms with Crippen LogP contribution in [0.1, 0.15) is 123 Å². The topological polar surface area (TPSA) is 215 Å². The van der Waals surface area contributed by atoms with Crippen LogP contribution in [0, 0.1) is 0 Å². The van der Waals surface area contributed by atoms with Gasteiger partial charge in [-0.25, -0.2) is 0 Å². The molecule has 354 valence electrons. The molecule has 0 saturated carbocycles. The molecule has 6 amide bonds. The Labute approximate surface area is 411 Å². The van der Waals surface area contributed by atoms with Gasteiger partial charge in [0.05, 0.1) is 0 Å². The fourth-order valence-electron chi connectivity index (χ4n) is 9.72. The van der Waals surface area contributed by atoms with Gasteiger partial charge in [-0.15, -0.1) is 12.4 Å². The van der Waals surface area contributed by atoms with E-state index in [0.717, 1.165) is 69.5 Å². The number of piperidine rings is 4. The quantitative estimate of drug-likeness (QED) is 0.146. The van der Waals surface area contributed by atoms with Crippen molar-refractivity contribution in [2.45, 2.75) is 94.8 Å². The van der Waals surface area contributed by atoms with Crippen molar-refractivity contribution in [2.24, 2.45) is 0 Å². The highest BCUT2D eigenvalue weighted by Crippen LogP contribution is 2.35. The van der Waals surface area contributed by atoms with Gasteiger partial charge in [0.15, 0.2) is 12.1 Å². The first-order valence-corrected chi connectivity index (χ1v) is 22.5. The number of H-pyrrole nitrogens is 1. The van der Waals surface area contributed by atoms with Crippen LogP contribution in [0.3, 0.4) is 0 Å². The zero-order valence-corrected chi connectivity index (χ0v) is 39.9. The Balaban J connectivity index is 0.000000186. The van der Waals surface area contributed by atoms with Crippen molar-refractivity contribution >= 4 is 59.9 Å². The second-order valence-electron chi connectivity index (χ2n) is 17.6. The lowest BCUT2D eigenvalue weighted by molar-refractivity contribution is -0.138. The molecule has 10 rings (SSSR count). The molecule has 7 heterocycles.